The third-order valence-electron chi connectivity index (χ3n) is 1.04. The lowest BCUT2D eigenvalue weighted by molar-refractivity contribution is 0.374. The smallest absolute Gasteiger partial charge is 0.338 e. The Morgan fingerprint density at radius 2 is 1.62 bits per heavy atom. The highest BCUT2D eigenvalue weighted by molar-refractivity contribution is 7.51. The maximum Gasteiger partial charge on any atom is 0.338 e. The fourth-order valence-electron chi connectivity index (χ4n) is 0.453. The van der Waals surface area contributed by atoms with Gasteiger partial charge in [-0.05, 0) is 12.1 Å². The molecule has 6 heteroatoms. The van der Waals surface area contributed by atoms with Crippen LogP contribution in [0.2, 0.25) is 0 Å². The molecule has 0 aliphatic heterocycles. The minimum atomic E-state index is -3.87. The summed E-state index contributed by atoms with van der Waals surface area (Å²) in [4.78, 5) is 15.6. The van der Waals surface area contributed by atoms with Gasteiger partial charge in [-0.15, -0.1) is 0 Å². The molecule has 1 rings (SSSR count). The Labute approximate surface area is 76.5 Å². The van der Waals surface area contributed by atoms with E-state index < -0.39 is 13.9 Å². The maximum atomic E-state index is 9.57. The third kappa shape index (κ3) is 9.04. The summed E-state index contributed by atoms with van der Waals surface area (Å²) >= 11 is 0. The molecule has 0 aliphatic carbocycles. The average Bonchev–Trinajstić information content (AvgIpc) is 2.06. The maximum absolute atomic E-state index is 9.57. The summed E-state index contributed by atoms with van der Waals surface area (Å²) in [5.74, 6) is 0. The molecule has 0 heterocycles. The molecule has 0 aliphatic rings. The monoisotopic (exact) mass is 204 g/mol. The van der Waals surface area contributed by atoms with Crippen molar-refractivity contribution in [2.75, 3.05) is 12.0 Å². The average molecular weight is 204 g/mol. The van der Waals surface area contributed by atoms with Crippen LogP contribution in [0, 0.1) is 0 Å². The van der Waals surface area contributed by atoms with E-state index in [0.717, 1.165) is 5.69 Å². The Kier molecular flexibility index (Phi) is 5.34. The second-order valence-corrected chi connectivity index (χ2v) is 3.95. The van der Waals surface area contributed by atoms with E-state index in [0.29, 0.717) is 0 Å². The summed E-state index contributed by atoms with van der Waals surface area (Å²) in [5.41, 5.74) is 10.7. The normalized spacial score (nSPS) is 10.1. The van der Waals surface area contributed by atoms with Crippen LogP contribution in [0.15, 0.2) is 30.3 Å². The van der Waals surface area contributed by atoms with E-state index in [2.05, 4.69) is 5.73 Å². The van der Waals surface area contributed by atoms with Crippen LogP contribution < -0.4 is 11.5 Å². The van der Waals surface area contributed by atoms with Gasteiger partial charge >= 0.3 is 7.60 Å². The predicted molar refractivity (Wildman–Crippen MR) is 52.0 cm³/mol. The molecule has 0 saturated heterocycles. The van der Waals surface area contributed by atoms with Gasteiger partial charge in [0, 0.05) is 5.69 Å². The topological polar surface area (TPSA) is 110 Å². The summed E-state index contributed by atoms with van der Waals surface area (Å²) in [6.07, 6.45) is -0.562. The molecule has 0 radical (unpaired) electrons. The Morgan fingerprint density at radius 3 is 1.77 bits per heavy atom. The highest BCUT2D eigenvalue weighted by Gasteiger charge is 2.05. The first-order valence-electron chi connectivity index (χ1n) is 3.51. The summed E-state index contributed by atoms with van der Waals surface area (Å²) in [7, 11) is -3.87. The molecule has 0 fully saturated rings. The van der Waals surface area contributed by atoms with E-state index in [9.17, 15) is 4.57 Å². The number of para-hydroxylation sites is 1. The number of hydrogen-bond donors (Lipinski definition) is 4. The molecule has 74 valence electrons. The van der Waals surface area contributed by atoms with Crippen LogP contribution in [0.3, 0.4) is 0 Å². The third-order valence-corrected chi connectivity index (χ3v) is 1.51. The Morgan fingerprint density at radius 1 is 1.23 bits per heavy atom. The standard InChI is InChI=1S/C6H7N.CH6NO3P/c7-6-4-2-1-3-5-6;2-1-6(3,4)5/h1-5H,7H2;1-2H2,(H2,3,4,5). The van der Waals surface area contributed by atoms with E-state index in [1.807, 2.05) is 30.3 Å². The van der Waals surface area contributed by atoms with Crippen LogP contribution >= 0.6 is 7.60 Å². The van der Waals surface area contributed by atoms with Crippen LogP contribution in [0.5, 0.6) is 0 Å². The highest BCUT2D eigenvalue weighted by Crippen LogP contribution is 2.30. The lowest BCUT2D eigenvalue weighted by Crippen LogP contribution is -1.97. The van der Waals surface area contributed by atoms with E-state index >= 15 is 0 Å². The van der Waals surface area contributed by atoms with Crippen molar-refractivity contribution in [3.63, 3.8) is 0 Å². The zero-order valence-corrected chi connectivity index (χ0v) is 7.89. The Hall–Kier alpha value is -0.870. The quantitative estimate of drug-likeness (QED) is 0.389. The largest absolute Gasteiger partial charge is 0.399 e. The van der Waals surface area contributed by atoms with Gasteiger partial charge in [0.1, 0.15) is 0 Å². The van der Waals surface area contributed by atoms with Gasteiger partial charge in [0.05, 0.1) is 6.29 Å². The van der Waals surface area contributed by atoms with Crippen LogP contribution in [0.25, 0.3) is 0 Å². The molecule has 0 bridgehead atoms. The molecule has 0 unspecified atom stereocenters. The first kappa shape index (κ1) is 12.1. The molecule has 0 atom stereocenters. The predicted octanol–water partition coefficient (Wildman–Crippen LogP) is 0.349. The minimum Gasteiger partial charge on any atom is -0.399 e. The molecule has 13 heavy (non-hydrogen) atoms. The van der Waals surface area contributed by atoms with Gasteiger partial charge < -0.3 is 21.3 Å². The van der Waals surface area contributed by atoms with Gasteiger partial charge in [-0.25, -0.2) is 0 Å². The van der Waals surface area contributed by atoms with Crippen molar-refractivity contribution in [3.8, 4) is 0 Å². The van der Waals surface area contributed by atoms with Crippen molar-refractivity contribution >= 4 is 13.3 Å². The van der Waals surface area contributed by atoms with Crippen LogP contribution in [0.4, 0.5) is 5.69 Å². The SMILES string of the molecule is NCP(=O)(O)O.Nc1ccccc1. The summed E-state index contributed by atoms with van der Waals surface area (Å²) in [5, 5.41) is 0. The first-order valence-corrected chi connectivity index (χ1v) is 5.30. The fraction of sp³-hybridized carbons (Fsp3) is 0.143. The molecule has 1 aromatic rings. The van der Waals surface area contributed by atoms with Crippen molar-refractivity contribution in [1.82, 2.24) is 0 Å². The fourth-order valence-corrected chi connectivity index (χ4v) is 0.453. The van der Waals surface area contributed by atoms with Gasteiger partial charge in [0.2, 0.25) is 0 Å². The van der Waals surface area contributed by atoms with E-state index in [1.54, 1.807) is 0 Å². The van der Waals surface area contributed by atoms with Crippen molar-refractivity contribution in [3.05, 3.63) is 30.3 Å². The Balaban J connectivity index is 0.000000226. The molecule has 1 aromatic carbocycles. The Bertz CT molecular complexity index is 272. The number of rotatable bonds is 1. The van der Waals surface area contributed by atoms with E-state index in [1.165, 1.54) is 0 Å². The summed E-state index contributed by atoms with van der Waals surface area (Å²) in [6, 6.07) is 9.49. The lowest BCUT2D eigenvalue weighted by atomic mass is 10.3. The molecule has 0 amide bonds. The summed E-state index contributed by atoms with van der Waals surface area (Å²) in [6.45, 7) is 0. The van der Waals surface area contributed by atoms with Gasteiger partial charge in [0.25, 0.3) is 0 Å². The van der Waals surface area contributed by atoms with Crippen LogP contribution in [0.1, 0.15) is 0 Å². The van der Waals surface area contributed by atoms with E-state index in [-0.39, 0.29) is 0 Å². The minimum absolute atomic E-state index is 0.562. The van der Waals surface area contributed by atoms with E-state index in [4.69, 9.17) is 15.5 Å². The molecular weight excluding hydrogens is 191 g/mol. The molecule has 6 N–H and O–H groups in total. The molecule has 0 saturated carbocycles. The number of benzene rings is 1. The van der Waals surface area contributed by atoms with Gasteiger partial charge in [-0.1, -0.05) is 18.2 Å². The summed E-state index contributed by atoms with van der Waals surface area (Å²) < 4.78 is 9.57. The van der Waals surface area contributed by atoms with Gasteiger partial charge in [-0.2, -0.15) is 0 Å². The molecule has 0 aromatic heterocycles. The zero-order valence-electron chi connectivity index (χ0n) is 7.00. The second kappa shape index (κ2) is 5.72. The molecule has 0 spiro atoms. The van der Waals surface area contributed by atoms with Crippen LogP contribution in [-0.2, 0) is 4.57 Å². The van der Waals surface area contributed by atoms with Gasteiger partial charge in [-0.3, -0.25) is 4.57 Å². The van der Waals surface area contributed by atoms with Crippen molar-refractivity contribution in [2.45, 2.75) is 0 Å². The highest BCUT2D eigenvalue weighted by atomic mass is 31.2. The van der Waals surface area contributed by atoms with Crippen molar-refractivity contribution in [1.29, 1.82) is 0 Å². The van der Waals surface area contributed by atoms with Crippen molar-refractivity contribution in [2.24, 2.45) is 5.73 Å². The first-order chi connectivity index (χ1) is 5.95. The van der Waals surface area contributed by atoms with Crippen LogP contribution in [-0.4, -0.2) is 16.1 Å². The number of nitrogen functional groups attached to an aromatic ring is 1. The molecule has 5 nitrogen and oxygen atoms in total. The van der Waals surface area contributed by atoms with Gasteiger partial charge in [0.15, 0.2) is 0 Å². The lowest BCUT2D eigenvalue weighted by Gasteiger charge is -1.92. The number of nitrogens with two attached hydrogens (primary N) is 2. The number of anilines is 1. The second-order valence-electron chi connectivity index (χ2n) is 2.26. The number of hydrogen-bond acceptors (Lipinski definition) is 3. The van der Waals surface area contributed by atoms with Crippen molar-refractivity contribution < 1.29 is 14.4 Å². The molecular formula is C7H13N2O3P. The zero-order chi connectivity index (χ0) is 10.3.